The van der Waals surface area contributed by atoms with Gasteiger partial charge < -0.3 is 5.32 Å². The number of hydrogen-bond acceptors (Lipinski definition) is 2. The molecule has 1 heterocycles. The van der Waals surface area contributed by atoms with E-state index in [2.05, 4.69) is 12.2 Å². The predicted octanol–water partition coefficient (Wildman–Crippen LogP) is 4.13. The highest BCUT2D eigenvalue weighted by Crippen LogP contribution is 2.37. The van der Waals surface area contributed by atoms with Crippen LogP contribution in [-0.2, 0) is 4.79 Å². The fourth-order valence-corrected chi connectivity index (χ4v) is 3.32. The van der Waals surface area contributed by atoms with Crippen LogP contribution in [0.25, 0.3) is 0 Å². The molecule has 0 saturated carbocycles. The van der Waals surface area contributed by atoms with Gasteiger partial charge in [0.1, 0.15) is 5.41 Å². The largest absolute Gasteiger partial charge is 0.355 e. The van der Waals surface area contributed by atoms with Gasteiger partial charge in [-0.25, -0.2) is 0 Å². The van der Waals surface area contributed by atoms with E-state index in [1.54, 1.807) is 0 Å². The number of carbonyl (C=O) groups is 2. The molecule has 1 N–H and O–H groups in total. The van der Waals surface area contributed by atoms with Crippen molar-refractivity contribution < 1.29 is 9.59 Å². The summed E-state index contributed by atoms with van der Waals surface area (Å²) in [6.07, 6.45) is 7.61. The highest BCUT2D eigenvalue weighted by molar-refractivity contribution is 6.14. The number of amides is 1. The molecule has 1 aliphatic heterocycles. The minimum atomic E-state index is -0.856. The maximum Gasteiger partial charge on any atom is 0.234 e. The molecule has 120 valence electrons. The van der Waals surface area contributed by atoms with E-state index in [1.807, 2.05) is 30.3 Å². The van der Waals surface area contributed by atoms with Crippen molar-refractivity contribution in [3.63, 3.8) is 0 Å². The van der Waals surface area contributed by atoms with E-state index in [9.17, 15) is 9.59 Å². The Balaban J connectivity index is 2.23. The lowest BCUT2D eigenvalue weighted by Gasteiger charge is -2.29. The van der Waals surface area contributed by atoms with Gasteiger partial charge in [0.05, 0.1) is 0 Å². The van der Waals surface area contributed by atoms with Crippen LogP contribution in [0.15, 0.2) is 30.3 Å². The van der Waals surface area contributed by atoms with Crippen LogP contribution in [-0.4, -0.2) is 18.2 Å². The number of rotatable bonds is 7. The van der Waals surface area contributed by atoms with Gasteiger partial charge in [-0.15, -0.1) is 0 Å². The summed E-state index contributed by atoms with van der Waals surface area (Å²) < 4.78 is 0. The molecule has 1 aromatic carbocycles. The first-order valence-electron chi connectivity index (χ1n) is 8.59. The zero-order chi connectivity index (χ0) is 15.8. The zero-order valence-corrected chi connectivity index (χ0v) is 13.6. The van der Waals surface area contributed by atoms with Gasteiger partial charge in [0.25, 0.3) is 0 Å². The summed E-state index contributed by atoms with van der Waals surface area (Å²) in [5, 5.41) is 2.97. The first-order valence-corrected chi connectivity index (χ1v) is 8.59. The molecule has 3 heteroatoms. The first-order chi connectivity index (χ1) is 10.7. The molecule has 1 atom stereocenters. The molecule has 22 heavy (non-hydrogen) atoms. The van der Waals surface area contributed by atoms with Crippen LogP contribution in [0.1, 0.15) is 68.6 Å². The van der Waals surface area contributed by atoms with E-state index in [-0.39, 0.29) is 11.7 Å². The summed E-state index contributed by atoms with van der Waals surface area (Å²) >= 11 is 0. The Bertz CT molecular complexity index is 497. The molecular weight excluding hydrogens is 274 g/mol. The van der Waals surface area contributed by atoms with Crippen molar-refractivity contribution in [2.45, 2.75) is 58.3 Å². The van der Waals surface area contributed by atoms with E-state index in [0.29, 0.717) is 24.9 Å². The molecule has 3 nitrogen and oxygen atoms in total. The summed E-state index contributed by atoms with van der Waals surface area (Å²) in [5.41, 5.74) is -0.193. The monoisotopic (exact) mass is 301 g/mol. The second-order valence-corrected chi connectivity index (χ2v) is 6.30. The van der Waals surface area contributed by atoms with Crippen molar-refractivity contribution in [2.75, 3.05) is 6.54 Å². The fourth-order valence-electron chi connectivity index (χ4n) is 3.32. The van der Waals surface area contributed by atoms with Crippen LogP contribution in [0.4, 0.5) is 0 Å². The third-order valence-electron chi connectivity index (χ3n) is 4.68. The normalized spacial score (nSPS) is 22.0. The quantitative estimate of drug-likeness (QED) is 0.467. The molecule has 1 unspecified atom stereocenters. The number of benzene rings is 1. The Morgan fingerprint density at radius 3 is 2.64 bits per heavy atom. The molecule has 1 aromatic rings. The van der Waals surface area contributed by atoms with Gasteiger partial charge in [0.15, 0.2) is 5.78 Å². The predicted molar refractivity (Wildman–Crippen MR) is 88.8 cm³/mol. The average Bonchev–Trinajstić information content (AvgIpc) is 2.74. The number of nitrogens with one attached hydrogen (secondary N) is 1. The van der Waals surface area contributed by atoms with Crippen LogP contribution >= 0.6 is 0 Å². The summed E-state index contributed by atoms with van der Waals surface area (Å²) in [7, 11) is 0. The lowest BCUT2D eigenvalue weighted by atomic mass is 9.72. The molecule has 0 radical (unpaired) electrons. The first kappa shape index (κ1) is 16.7. The topological polar surface area (TPSA) is 46.2 Å². The SMILES string of the molecule is CCCCCCC1(C(=O)c2ccccc2)CCCCNC1=O. The molecule has 1 amide bonds. The molecule has 1 saturated heterocycles. The van der Waals surface area contributed by atoms with Crippen molar-refractivity contribution in [1.82, 2.24) is 5.32 Å². The summed E-state index contributed by atoms with van der Waals surface area (Å²) in [6, 6.07) is 9.29. The van der Waals surface area contributed by atoms with E-state index >= 15 is 0 Å². The van der Waals surface area contributed by atoms with E-state index < -0.39 is 5.41 Å². The van der Waals surface area contributed by atoms with Crippen LogP contribution in [0.2, 0.25) is 0 Å². The maximum absolute atomic E-state index is 13.1. The van der Waals surface area contributed by atoms with Crippen molar-refractivity contribution in [3.8, 4) is 0 Å². The van der Waals surface area contributed by atoms with Crippen molar-refractivity contribution in [1.29, 1.82) is 0 Å². The molecule has 2 rings (SSSR count). The van der Waals surface area contributed by atoms with E-state index in [0.717, 1.165) is 38.5 Å². The Kier molecular flexibility index (Phi) is 6.17. The van der Waals surface area contributed by atoms with Gasteiger partial charge in [0, 0.05) is 12.1 Å². The molecule has 1 aliphatic rings. The maximum atomic E-state index is 13.1. The van der Waals surface area contributed by atoms with Gasteiger partial charge in [-0.1, -0.05) is 69.4 Å². The fraction of sp³-hybridized carbons (Fsp3) is 0.579. The Hall–Kier alpha value is -1.64. The van der Waals surface area contributed by atoms with E-state index in [1.165, 1.54) is 0 Å². The summed E-state index contributed by atoms with van der Waals surface area (Å²) in [5.74, 6) is -0.0562. The highest BCUT2D eigenvalue weighted by Gasteiger charge is 2.45. The van der Waals surface area contributed by atoms with E-state index in [4.69, 9.17) is 0 Å². The van der Waals surface area contributed by atoms with Crippen LogP contribution in [0.5, 0.6) is 0 Å². The van der Waals surface area contributed by atoms with Gasteiger partial charge in [-0.2, -0.15) is 0 Å². The third-order valence-corrected chi connectivity index (χ3v) is 4.68. The minimum Gasteiger partial charge on any atom is -0.355 e. The van der Waals surface area contributed by atoms with Gasteiger partial charge in [0.2, 0.25) is 5.91 Å². The van der Waals surface area contributed by atoms with Crippen LogP contribution in [0.3, 0.4) is 0 Å². The number of Topliss-reactive ketones (excluding diaryl/α,β-unsaturated/α-hetero) is 1. The number of hydrogen-bond donors (Lipinski definition) is 1. The van der Waals surface area contributed by atoms with Crippen LogP contribution < -0.4 is 5.32 Å². The summed E-state index contributed by atoms with van der Waals surface area (Å²) in [6.45, 7) is 2.86. The molecule has 1 fully saturated rings. The Morgan fingerprint density at radius 2 is 1.91 bits per heavy atom. The second kappa shape index (κ2) is 8.11. The standard InChI is InChI=1S/C19H27NO2/c1-2-3-4-8-13-19(14-9-10-15-20-18(19)22)17(21)16-11-6-5-7-12-16/h5-7,11-12H,2-4,8-10,13-15H2,1H3,(H,20,22). The van der Waals surface area contributed by atoms with Gasteiger partial charge >= 0.3 is 0 Å². The van der Waals surface area contributed by atoms with Crippen molar-refractivity contribution in [3.05, 3.63) is 35.9 Å². The minimum absolute atomic E-state index is 0.00370. The smallest absolute Gasteiger partial charge is 0.234 e. The highest BCUT2D eigenvalue weighted by atomic mass is 16.2. The average molecular weight is 301 g/mol. The number of unbranched alkanes of at least 4 members (excludes halogenated alkanes) is 3. The molecular formula is C19H27NO2. The molecule has 0 spiro atoms. The number of ketones is 1. The Morgan fingerprint density at radius 1 is 1.14 bits per heavy atom. The van der Waals surface area contributed by atoms with Crippen molar-refractivity contribution in [2.24, 2.45) is 5.41 Å². The number of carbonyl (C=O) groups excluding carboxylic acids is 2. The molecule has 0 aromatic heterocycles. The van der Waals surface area contributed by atoms with Crippen molar-refractivity contribution >= 4 is 11.7 Å². The molecule has 0 bridgehead atoms. The van der Waals surface area contributed by atoms with Crippen LogP contribution in [0, 0.1) is 5.41 Å². The Labute approximate surface area is 133 Å². The summed E-state index contributed by atoms with van der Waals surface area (Å²) in [4.78, 5) is 25.8. The van der Waals surface area contributed by atoms with Gasteiger partial charge in [-0.05, 0) is 19.3 Å². The van der Waals surface area contributed by atoms with Gasteiger partial charge in [-0.3, -0.25) is 9.59 Å². The zero-order valence-electron chi connectivity index (χ0n) is 13.6. The second-order valence-electron chi connectivity index (χ2n) is 6.30. The lowest BCUT2D eigenvalue weighted by Crippen LogP contribution is -2.45. The lowest BCUT2D eigenvalue weighted by molar-refractivity contribution is -0.128. The third kappa shape index (κ3) is 3.76. The molecule has 0 aliphatic carbocycles.